The Morgan fingerprint density at radius 1 is 1.16 bits per heavy atom. The summed E-state index contributed by atoms with van der Waals surface area (Å²) in [5.74, 6) is -0.925. The average molecular weight is 427 g/mol. The topological polar surface area (TPSA) is 83.7 Å². The summed E-state index contributed by atoms with van der Waals surface area (Å²) in [4.78, 5) is 30.2. The highest BCUT2D eigenvalue weighted by atomic mass is 19.3. The molecule has 3 aliphatic rings. The van der Waals surface area contributed by atoms with E-state index in [0.29, 0.717) is 11.3 Å². The van der Waals surface area contributed by atoms with Crippen molar-refractivity contribution in [2.75, 3.05) is 6.54 Å². The Labute approximate surface area is 176 Å². The number of carbonyl (C=O) groups excluding carboxylic acids is 2. The zero-order chi connectivity index (χ0) is 22.3. The highest BCUT2D eigenvalue weighted by molar-refractivity contribution is 5.97. The van der Waals surface area contributed by atoms with Gasteiger partial charge in [0, 0.05) is 23.0 Å². The van der Waals surface area contributed by atoms with E-state index in [2.05, 4.69) is 19.8 Å². The summed E-state index contributed by atoms with van der Waals surface area (Å²) in [6.07, 6.45) is -3.50. The summed E-state index contributed by atoms with van der Waals surface area (Å²) in [6, 6.07) is 9.32. The molecule has 0 aliphatic carbocycles. The maximum atomic E-state index is 13.4. The van der Waals surface area contributed by atoms with Crippen molar-refractivity contribution < 1.29 is 29.2 Å². The number of nitrogens with zero attached hydrogens (tertiary/aromatic N) is 1. The SMILES string of the molecule is [2H][C@@]1(Cc2ccc3c(c2)OC(F)(F)O3)c2[nH]c3ccccc3c2C[C@@H]2C(=O)N[13CH2]C(=O)N21. The third-order valence-corrected chi connectivity index (χ3v) is 5.92. The second-order valence-corrected chi connectivity index (χ2v) is 7.80. The molecule has 9 heteroatoms. The van der Waals surface area contributed by atoms with E-state index in [4.69, 9.17) is 0 Å². The molecule has 0 unspecified atom stereocenters. The highest BCUT2D eigenvalue weighted by Gasteiger charge is 2.46. The van der Waals surface area contributed by atoms with E-state index in [1.54, 1.807) is 6.07 Å². The summed E-state index contributed by atoms with van der Waals surface area (Å²) >= 11 is 0. The molecule has 0 saturated carbocycles. The van der Waals surface area contributed by atoms with E-state index in [-0.39, 0.29) is 42.7 Å². The fourth-order valence-electron chi connectivity index (χ4n) is 4.62. The third-order valence-electron chi connectivity index (χ3n) is 5.92. The second-order valence-electron chi connectivity index (χ2n) is 7.80. The van der Waals surface area contributed by atoms with Crippen LogP contribution >= 0.6 is 0 Å². The van der Waals surface area contributed by atoms with Gasteiger partial charge in [-0.25, -0.2) is 0 Å². The van der Waals surface area contributed by atoms with Gasteiger partial charge in [0.05, 0.1) is 13.9 Å². The number of rotatable bonds is 2. The molecule has 2 atom stereocenters. The number of nitrogens with one attached hydrogen (secondary N) is 2. The first-order valence-electron chi connectivity index (χ1n) is 10.3. The number of alkyl halides is 2. The molecule has 0 spiro atoms. The lowest BCUT2D eigenvalue weighted by molar-refractivity contribution is -0.286. The summed E-state index contributed by atoms with van der Waals surface area (Å²) < 4.78 is 45.4. The fraction of sp³-hybridized carbons (Fsp3) is 0.273. The molecule has 3 aliphatic heterocycles. The lowest BCUT2D eigenvalue weighted by atomic mass is 9.87. The van der Waals surface area contributed by atoms with Crippen LogP contribution in [0.5, 0.6) is 11.5 Å². The molecule has 0 bridgehead atoms. The van der Waals surface area contributed by atoms with Gasteiger partial charge >= 0.3 is 6.29 Å². The normalized spacial score (nSPS) is 26.3. The Balaban J connectivity index is 1.50. The summed E-state index contributed by atoms with van der Waals surface area (Å²) in [5.41, 5.74) is 2.60. The minimum Gasteiger partial charge on any atom is -0.395 e. The minimum absolute atomic E-state index is 0.0371. The number of para-hydroxylation sites is 1. The first-order chi connectivity index (χ1) is 15.2. The van der Waals surface area contributed by atoms with E-state index in [1.165, 1.54) is 17.0 Å². The zero-order valence-corrected chi connectivity index (χ0v) is 16.1. The van der Waals surface area contributed by atoms with E-state index >= 15 is 0 Å². The van der Waals surface area contributed by atoms with Gasteiger partial charge in [-0.2, -0.15) is 0 Å². The van der Waals surface area contributed by atoms with Crippen LogP contribution in [0.4, 0.5) is 8.78 Å². The maximum Gasteiger partial charge on any atom is 0.586 e. The third kappa shape index (κ3) is 2.76. The van der Waals surface area contributed by atoms with Crippen LogP contribution in [-0.4, -0.2) is 40.6 Å². The van der Waals surface area contributed by atoms with Crippen molar-refractivity contribution in [1.29, 1.82) is 0 Å². The van der Waals surface area contributed by atoms with E-state index in [1.807, 2.05) is 24.3 Å². The van der Waals surface area contributed by atoms with Crippen LogP contribution in [0, 0.1) is 0 Å². The molecule has 2 amide bonds. The van der Waals surface area contributed by atoms with Crippen molar-refractivity contribution in [2.24, 2.45) is 0 Å². The number of carbonyl (C=O) groups is 2. The molecule has 3 aromatic rings. The molecule has 31 heavy (non-hydrogen) atoms. The number of amides is 2. The van der Waals surface area contributed by atoms with Gasteiger partial charge in [-0.3, -0.25) is 9.59 Å². The van der Waals surface area contributed by atoms with Gasteiger partial charge in [0.15, 0.2) is 11.5 Å². The number of piperazine rings is 1. The molecule has 0 radical (unpaired) electrons. The number of benzene rings is 2. The van der Waals surface area contributed by atoms with Crippen LogP contribution in [0.2, 0.25) is 0 Å². The highest BCUT2D eigenvalue weighted by Crippen LogP contribution is 2.44. The number of hydrogen-bond donors (Lipinski definition) is 2. The molecule has 2 N–H and O–H groups in total. The summed E-state index contributed by atoms with van der Waals surface area (Å²) in [7, 11) is 0. The van der Waals surface area contributed by atoms with E-state index in [9.17, 15) is 19.7 Å². The van der Waals surface area contributed by atoms with Crippen molar-refractivity contribution in [3.63, 3.8) is 0 Å². The lowest BCUT2D eigenvalue weighted by Gasteiger charge is -2.44. The summed E-state index contributed by atoms with van der Waals surface area (Å²) in [6.45, 7) is -0.196. The quantitative estimate of drug-likeness (QED) is 0.616. The lowest BCUT2D eigenvalue weighted by Crippen LogP contribution is -2.61. The molecular formula is C22H17F2N3O4. The maximum absolute atomic E-state index is 13.4. The smallest absolute Gasteiger partial charge is 0.395 e. The molecule has 1 aromatic heterocycles. The van der Waals surface area contributed by atoms with Crippen LogP contribution in [0.3, 0.4) is 0 Å². The number of fused-ring (bicyclic) bond motifs is 5. The fourth-order valence-corrected chi connectivity index (χ4v) is 4.62. The largest absolute Gasteiger partial charge is 0.586 e. The Bertz CT molecular complexity index is 1310. The van der Waals surface area contributed by atoms with Gasteiger partial charge < -0.3 is 24.7 Å². The predicted molar refractivity (Wildman–Crippen MR) is 105 cm³/mol. The van der Waals surface area contributed by atoms with Crippen LogP contribution in [-0.2, 0) is 22.4 Å². The van der Waals surface area contributed by atoms with Gasteiger partial charge in [-0.1, -0.05) is 24.3 Å². The van der Waals surface area contributed by atoms with Gasteiger partial charge in [0.25, 0.3) is 0 Å². The van der Waals surface area contributed by atoms with Crippen molar-refractivity contribution in [2.45, 2.75) is 31.2 Å². The van der Waals surface area contributed by atoms with Crippen LogP contribution in [0.15, 0.2) is 42.5 Å². The Morgan fingerprint density at radius 3 is 2.84 bits per heavy atom. The number of hydrogen-bond acceptors (Lipinski definition) is 4. The molecule has 2 aromatic carbocycles. The van der Waals surface area contributed by atoms with Crippen molar-refractivity contribution in [3.05, 3.63) is 59.3 Å². The summed E-state index contributed by atoms with van der Waals surface area (Å²) in [5, 5.41) is 3.49. The first kappa shape index (κ1) is 17.1. The van der Waals surface area contributed by atoms with E-state index in [0.717, 1.165) is 16.5 Å². The molecular weight excluding hydrogens is 409 g/mol. The van der Waals surface area contributed by atoms with Crippen LogP contribution in [0.1, 0.15) is 24.2 Å². The second kappa shape index (κ2) is 6.19. The van der Waals surface area contributed by atoms with Gasteiger partial charge in [-0.15, -0.1) is 8.78 Å². The van der Waals surface area contributed by atoms with Gasteiger partial charge in [0.1, 0.15) is 6.04 Å². The van der Waals surface area contributed by atoms with Gasteiger partial charge in [-0.05, 0) is 35.7 Å². The predicted octanol–water partition coefficient (Wildman–Crippen LogP) is 2.66. The number of aromatic nitrogens is 1. The zero-order valence-electron chi connectivity index (χ0n) is 17.1. The molecule has 1 fully saturated rings. The Kier molecular flexibility index (Phi) is 3.42. The Morgan fingerprint density at radius 2 is 1.97 bits per heavy atom. The number of halogens is 2. The van der Waals surface area contributed by atoms with E-state index < -0.39 is 18.4 Å². The van der Waals surface area contributed by atoms with Crippen molar-refractivity contribution >= 4 is 22.7 Å². The number of aromatic amines is 1. The van der Waals surface area contributed by atoms with Crippen LogP contribution < -0.4 is 14.8 Å². The van der Waals surface area contributed by atoms with Gasteiger partial charge in [0.2, 0.25) is 11.8 Å². The Hall–Kier alpha value is -3.62. The average Bonchev–Trinajstić information content (AvgIpc) is 3.27. The minimum atomic E-state index is -3.75. The van der Waals surface area contributed by atoms with Crippen molar-refractivity contribution in [1.82, 2.24) is 15.2 Å². The standard InChI is InChI=1S/C22H17F2N3O4/c23-22(24)30-17-6-5-11(8-18(17)31-22)7-15-20-13(12-3-1-2-4-14(12)26-20)9-16-21(29)25-10-19(28)27(15)16/h1-6,8,15-16,26H,7,9-10H2,(H,25,29)/t15-,16-/m1/s1/i10+1,15D. The number of ether oxygens (including phenoxy) is 2. The molecule has 1 saturated heterocycles. The van der Waals surface area contributed by atoms with Crippen LogP contribution in [0.25, 0.3) is 10.9 Å². The monoisotopic (exact) mass is 427 g/mol. The van der Waals surface area contributed by atoms with Crippen molar-refractivity contribution in [3.8, 4) is 11.5 Å². The number of H-pyrrole nitrogens is 1. The first-order valence-corrected chi connectivity index (χ1v) is 9.84. The molecule has 7 nitrogen and oxygen atoms in total. The molecule has 4 heterocycles. The molecule has 158 valence electrons. The molecule has 6 rings (SSSR count).